The van der Waals surface area contributed by atoms with Crippen LogP contribution in [0.4, 0.5) is 0 Å². The summed E-state index contributed by atoms with van der Waals surface area (Å²) in [4.78, 5) is 14.1. The highest BCUT2D eigenvalue weighted by Gasteiger charge is 2.57. The quantitative estimate of drug-likeness (QED) is 0.668. The molecule has 0 radical (unpaired) electrons. The van der Waals surface area contributed by atoms with Crippen LogP contribution in [0.3, 0.4) is 0 Å². The summed E-state index contributed by atoms with van der Waals surface area (Å²) in [6.07, 6.45) is 3.81. The van der Waals surface area contributed by atoms with Crippen LogP contribution in [0.1, 0.15) is 19.3 Å². The van der Waals surface area contributed by atoms with E-state index in [-0.39, 0.29) is 0 Å². The predicted octanol–water partition coefficient (Wildman–Crippen LogP) is 1.75. The molecule has 2 rings (SSSR count). The smallest absolute Gasteiger partial charge is 0.226 e. The first-order valence-corrected chi connectivity index (χ1v) is 6.66. The van der Waals surface area contributed by atoms with Crippen LogP contribution in [-0.4, -0.2) is 43.5 Å². The number of fused-ring (bicyclic) bond motifs is 1. The molecule has 0 N–H and O–H groups in total. The molecule has 0 aromatic rings. The minimum absolute atomic E-state index is 0.312. The van der Waals surface area contributed by atoms with Gasteiger partial charge in [-0.25, -0.2) is 0 Å². The van der Waals surface area contributed by atoms with Gasteiger partial charge in [0.1, 0.15) is 0 Å². The standard InChI is InChI=1S/C12H20ClNO2/c1-16-8-7-14(6-5-13)12(15)11-9-3-2-4-10(9)11/h9-11H,2-8H2,1H3. The van der Waals surface area contributed by atoms with E-state index in [4.69, 9.17) is 16.3 Å². The highest BCUT2D eigenvalue weighted by molar-refractivity contribution is 6.18. The van der Waals surface area contributed by atoms with Crippen molar-refractivity contribution in [3.8, 4) is 0 Å². The molecule has 3 nitrogen and oxygen atoms in total. The van der Waals surface area contributed by atoms with Gasteiger partial charge >= 0.3 is 0 Å². The Balaban J connectivity index is 1.85. The van der Waals surface area contributed by atoms with Gasteiger partial charge in [-0.3, -0.25) is 4.79 Å². The zero-order chi connectivity index (χ0) is 11.5. The van der Waals surface area contributed by atoms with Crippen molar-refractivity contribution in [3.05, 3.63) is 0 Å². The molecule has 0 aromatic carbocycles. The van der Waals surface area contributed by atoms with Crippen molar-refractivity contribution >= 4 is 17.5 Å². The number of amides is 1. The van der Waals surface area contributed by atoms with Crippen LogP contribution in [0.25, 0.3) is 0 Å². The Morgan fingerprint density at radius 1 is 1.38 bits per heavy atom. The minimum Gasteiger partial charge on any atom is -0.383 e. The Morgan fingerprint density at radius 2 is 2.06 bits per heavy atom. The van der Waals surface area contributed by atoms with E-state index in [0.717, 1.165) is 0 Å². The van der Waals surface area contributed by atoms with Crippen molar-refractivity contribution in [2.24, 2.45) is 17.8 Å². The van der Waals surface area contributed by atoms with E-state index >= 15 is 0 Å². The van der Waals surface area contributed by atoms with Crippen molar-refractivity contribution in [2.45, 2.75) is 19.3 Å². The molecular weight excluding hydrogens is 226 g/mol. The maximum atomic E-state index is 12.2. The van der Waals surface area contributed by atoms with Gasteiger partial charge in [0.15, 0.2) is 0 Å². The van der Waals surface area contributed by atoms with E-state index in [1.54, 1.807) is 7.11 Å². The monoisotopic (exact) mass is 245 g/mol. The second kappa shape index (κ2) is 5.37. The number of nitrogens with zero attached hydrogens (tertiary/aromatic N) is 1. The predicted molar refractivity (Wildman–Crippen MR) is 63.5 cm³/mol. The van der Waals surface area contributed by atoms with Gasteiger partial charge in [-0.05, 0) is 24.7 Å². The van der Waals surface area contributed by atoms with Crippen LogP contribution in [0.15, 0.2) is 0 Å². The number of carbonyl (C=O) groups is 1. The van der Waals surface area contributed by atoms with Gasteiger partial charge in [-0.2, -0.15) is 0 Å². The van der Waals surface area contributed by atoms with Crippen LogP contribution in [0.5, 0.6) is 0 Å². The number of hydrogen-bond acceptors (Lipinski definition) is 2. The number of halogens is 1. The van der Waals surface area contributed by atoms with E-state index in [1.165, 1.54) is 19.3 Å². The number of alkyl halides is 1. The summed E-state index contributed by atoms with van der Waals surface area (Å²) in [6.45, 7) is 1.93. The fourth-order valence-corrected chi connectivity index (χ4v) is 3.24. The van der Waals surface area contributed by atoms with Crippen molar-refractivity contribution < 1.29 is 9.53 Å². The van der Waals surface area contributed by atoms with E-state index in [1.807, 2.05) is 4.90 Å². The molecule has 1 amide bonds. The van der Waals surface area contributed by atoms with Gasteiger partial charge in [0, 0.05) is 32.0 Å². The summed E-state index contributed by atoms with van der Waals surface area (Å²) in [5, 5.41) is 0. The van der Waals surface area contributed by atoms with Crippen molar-refractivity contribution in [1.29, 1.82) is 0 Å². The molecule has 2 saturated carbocycles. The maximum absolute atomic E-state index is 12.2. The third-order valence-electron chi connectivity index (χ3n) is 3.92. The van der Waals surface area contributed by atoms with Crippen molar-refractivity contribution in [3.63, 3.8) is 0 Å². The first kappa shape index (κ1) is 12.2. The average molecular weight is 246 g/mol. The highest BCUT2D eigenvalue weighted by atomic mass is 35.5. The van der Waals surface area contributed by atoms with Gasteiger partial charge in [0.25, 0.3) is 0 Å². The lowest BCUT2D eigenvalue weighted by Gasteiger charge is -2.22. The summed E-state index contributed by atoms with van der Waals surface area (Å²) in [6, 6.07) is 0. The molecular formula is C12H20ClNO2. The second-order valence-corrected chi connectivity index (χ2v) is 5.17. The lowest BCUT2D eigenvalue weighted by molar-refractivity contribution is -0.133. The lowest BCUT2D eigenvalue weighted by atomic mass is 10.1. The largest absolute Gasteiger partial charge is 0.383 e. The highest BCUT2D eigenvalue weighted by Crippen LogP contribution is 2.58. The second-order valence-electron chi connectivity index (χ2n) is 4.79. The Morgan fingerprint density at radius 3 is 2.62 bits per heavy atom. The van der Waals surface area contributed by atoms with Gasteiger partial charge in [0.2, 0.25) is 5.91 Å². The zero-order valence-corrected chi connectivity index (χ0v) is 10.6. The SMILES string of the molecule is COCCN(CCCl)C(=O)C1C2CCCC21. The molecule has 2 aliphatic carbocycles. The van der Waals surface area contributed by atoms with Gasteiger partial charge < -0.3 is 9.64 Å². The number of rotatable bonds is 6. The third kappa shape index (κ3) is 2.35. The average Bonchev–Trinajstić information content (AvgIpc) is 2.77. The molecule has 0 bridgehead atoms. The summed E-state index contributed by atoms with van der Waals surface area (Å²) >= 11 is 5.73. The summed E-state index contributed by atoms with van der Waals surface area (Å²) in [7, 11) is 1.66. The Labute approximate surface area is 102 Å². The lowest BCUT2D eigenvalue weighted by Crippen LogP contribution is -2.37. The van der Waals surface area contributed by atoms with Gasteiger partial charge in [0.05, 0.1) is 6.61 Å². The van der Waals surface area contributed by atoms with E-state index in [2.05, 4.69) is 0 Å². The van der Waals surface area contributed by atoms with Crippen LogP contribution >= 0.6 is 11.6 Å². The molecule has 4 heteroatoms. The molecule has 0 saturated heterocycles. The minimum atomic E-state index is 0.312. The van der Waals surface area contributed by atoms with E-state index in [0.29, 0.717) is 49.2 Å². The molecule has 2 aliphatic rings. The van der Waals surface area contributed by atoms with E-state index < -0.39 is 0 Å². The third-order valence-corrected chi connectivity index (χ3v) is 4.09. The van der Waals surface area contributed by atoms with Gasteiger partial charge in [-0.1, -0.05) is 6.42 Å². The first-order valence-electron chi connectivity index (χ1n) is 6.13. The van der Waals surface area contributed by atoms with Crippen LogP contribution in [0.2, 0.25) is 0 Å². The van der Waals surface area contributed by atoms with Crippen LogP contribution in [-0.2, 0) is 9.53 Å². The van der Waals surface area contributed by atoms with Crippen molar-refractivity contribution in [2.75, 3.05) is 32.7 Å². The number of ether oxygens (including phenoxy) is 1. The van der Waals surface area contributed by atoms with Gasteiger partial charge in [-0.15, -0.1) is 11.6 Å². The number of carbonyl (C=O) groups excluding carboxylic acids is 1. The molecule has 0 heterocycles. The zero-order valence-electron chi connectivity index (χ0n) is 9.82. The maximum Gasteiger partial charge on any atom is 0.226 e. The molecule has 2 atom stereocenters. The summed E-state index contributed by atoms with van der Waals surface area (Å²) in [5.74, 6) is 2.51. The Bertz CT molecular complexity index is 249. The molecule has 2 unspecified atom stereocenters. The Kier molecular flexibility index (Phi) is 4.09. The Hall–Kier alpha value is -0.280. The molecule has 16 heavy (non-hydrogen) atoms. The normalized spacial score (nSPS) is 31.2. The summed E-state index contributed by atoms with van der Waals surface area (Å²) in [5.41, 5.74) is 0. The van der Waals surface area contributed by atoms with Crippen molar-refractivity contribution in [1.82, 2.24) is 4.90 Å². The molecule has 92 valence electrons. The number of hydrogen-bond donors (Lipinski definition) is 0. The molecule has 0 spiro atoms. The van der Waals surface area contributed by atoms with E-state index in [9.17, 15) is 4.79 Å². The molecule has 0 aliphatic heterocycles. The number of methoxy groups -OCH3 is 1. The van der Waals surface area contributed by atoms with Crippen LogP contribution in [0, 0.1) is 17.8 Å². The fraction of sp³-hybridized carbons (Fsp3) is 0.917. The topological polar surface area (TPSA) is 29.5 Å². The molecule has 0 aromatic heterocycles. The van der Waals surface area contributed by atoms with Crippen LogP contribution < -0.4 is 0 Å². The summed E-state index contributed by atoms with van der Waals surface area (Å²) < 4.78 is 5.03. The fourth-order valence-electron chi connectivity index (χ4n) is 3.03. The molecule has 2 fully saturated rings. The first-order chi connectivity index (χ1) is 7.79.